The summed E-state index contributed by atoms with van der Waals surface area (Å²) in [4.78, 5) is 4.72. The first-order valence-electron chi connectivity index (χ1n) is 7.04. The first-order valence-corrected chi connectivity index (χ1v) is 7.48. The van der Waals surface area contributed by atoms with E-state index in [-0.39, 0.29) is 5.38 Å². The summed E-state index contributed by atoms with van der Waals surface area (Å²) in [5, 5.41) is 4.42. The Hall–Kier alpha value is -1.07. The van der Waals surface area contributed by atoms with Gasteiger partial charge in [-0.1, -0.05) is 13.8 Å². The molecule has 2 rings (SSSR count). The molecule has 2 heterocycles. The number of hydrogen-bond donors (Lipinski definition) is 0. The molecule has 2 atom stereocenters. The molecule has 0 aromatic carbocycles. The van der Waals surface area contributed by atoms with Gasteiger partial charge in [0, 0.05) is 20.7 Å². The van der Waals surface area contributed by atoms with E-state index in [1.165, 1.54) is 0 Å². The molecule has 0 aliphatic rings. The molecular weight excluding hydrogens is 276 g/mol. The van der Waals surface area contributed by atoms with Crippen molar-refractivity contribution in [2.24, 2.45) is 13.0 Å². The summed E-state index contributed by atoms with van der Waals surface area (Å²) in [6, 6.07) is 0. The van der Waals surface area contributed by atoms with E-state index in [9.17, 15) is 0 Å². The molecule has 2 aromatic heterocycles. The highest BCUT2D eigenvalue weighted by molar-refractivity contribution is 6.20. The predicted octanol–water partition coefficient (Wildman–Crippen LogP) is 2.91. The van der Waals surface area contributed by atoms with Crippen LogP contribution in [0.3, 0.4) is 0 Å². The second-order valence-electron chi connectivity index (χ2n) is 5.35. The van der Waals surface area contributed by atoms with E-state index in [0.29, 0.717) is 12.5 Å². The first kappa shape index (κ1) is 15.3. The highest BCUT2D eigenvalue weighted by atomic mass is 35.5. The normalized spacial score (nSPS) is 14.9. The fraction of sp³-hybridized carbons (Fsp3) is 0.714. The Morgan fingerprint density at radius 3 is 2.60 bits per heavy atom. The van der Waals surface area contributed by atoms with Gasteiger partial charge in [-0.15, -0.1) is 11.6 Å². The molecule has 2 aromatic rings. The lowest BCUT2D eigenvalue weighted by Crippen LogP contribution is -2.16. The maximum absolute atomic E-state index is 6.30. The average Bonchev–Trinajstić information content (AvgIpc) is 2.89. The number of alkyl halides is 1. The van der Waals surface area contributed by atoms with Crippen LogP contribution in [0.1, 0.15) is 37.7 Å². The molecule has 20 heavy (non-hydrogen) atoms. The van der Waals surface area contributed by atoms with E-state index in [1.807, 2.05) is 18.7 Å². The molecule has 112 valence electrons. The van der Waals surface area contributed by atoms with Crippen molar-refractivity contribution in [1.29, 1.82) is 0 Å². The number of ether oxygens (including phenoxy) is 1. The van der Waals surface area contributed by atoms with Gasteiger partial charge < -0.3 is 9.30 Å². The molecule has 0 saturated heterocycles. The zero-order chi connectivity index (χ0) is 14.9. The fourth-order valence-corrected chi connectivity index (χ4v) is 2.80. The van der Waals surface area contributed by atoms with Crippen LogP contribution in [0.15, 0.2) is 0 Å². The minimum Gasteiger partial charge on any atom is -0.384 e. The molecule has 2 unspecified atom stereocenters. The van der Waals surface area contributed by atoms with Crippen LogP contribution in [0.4, 0.5) is 0 Å². The van der Waals surface area contributed by atoms with Gasteiger partial charge in [0.05, 0.1) is 17.7 Å². The zero-order valence-corrected chi connectivity index (χ0v) is 13.6. The van der Waals surface area contributed by atoms with E-state index in [2.05, 4.69) is 23.5 Å². The van der Waals surface area contributed by atoms with Crippen LogP contribution in [-0.4, -0.2) is 33.0 Å². The highest BCUT2D eigenvalue weighted by Crippen LogP contribution is 2.27. The van der Waals surface area contributed by atoms with Crippen molar-refractivity contribution >= 4 is 22.8 Å². The SMILES string of the molecule is CCc1nn(C)c2c1nc(C(C)Cl)n2CC(C)COC. The number of hydrogen-bond acceptors (Lipinski definition) is 3. The van der Waals surface area contributed by atoms with Crippen LogP contribution in [0.5, 0.6) is 0 Å². The minimum atomic E-state index is -0.123. The van der Waals surface area contributed by atoms with Gasteiger partial charge in [0.25, 0.3) is 0 Å². The summed E-state index contributed by atoms with van der Waals surface area (Å²) in [6.07, 6.45) is 0.873. The van der Waals surface area contributed by atoms with Gasteiger partial charge in [0.15, 0.2) is 5.65 Å². The summed E-state index contributed by atoms with van der Waals surface area (Å²) in [6.45, 7) is 7.76. The monoisotopic (exact) mass is 298 g/mol. The zero-order valence-electron chi connectivity index (χ0n) is 12.9. The number of aromatic nitrogens is 4. The molecule has 0 fully saturated rings. The van der Waals surface area contributed by atoms with Gasteiger partial charge in [0.2, 0.25) is 0 Å². The molecule has 0 radical (unpaired) electrons. The van der Waals surface area contributed by atoms with Crippen molar-refractivity contribution in [2.75, 3.05) is 13.7 Å². The number of fused-ring (bicyclic) bond motifs is 1. The molecule has 0 saturated carbocycles. The molecule has 0 aliphatic carbocycles. The predicted molar refractivity (Wildman–Crippen MR) is 81.2 cm³/mol. The van der Waals surface area contributed by atoms with Crippen LogP contribution in [0.2, 0.25) is 0 Å². The van der Waals surface area contributed by atoms with Crippen molar-refractivity contribution < 1.29 is 4.74 Å². The van der Waals surface area contributed by atoms with E-state index < -0.39 is 0 Å². The number of nitrogens with zero attached hydrogens (tertiary/aromatic N) is 4. The topological polar surface area (TPSA) is 44.9 Å². The standard InChI is InChI=1S/C14H23ClN4O/c1-6-11-12-14(18(4)17-11)19(7-9(2)8-20-5)13(16-12)10(3)15/h9-10H,6-8H2,1-5H3. The van der Waals surface area contributed by atoms with Crippen LogP contribution in [-0.2, 0) is 24.8 Å². The maximum atomic E-state index is 6.30. The maximum Gasteiger partial charge on any atom is 0.158 e. The van der Waals surface area contributed by atoms with Crippen LogP contribution >= 0.6 is 11.6 Å². The van der Waals surface area contributed by atoms with Gasteiger partial charge in [-0.2, -0.15) is 5.10 Å². The number of halogens is 1. The minimum absolute atomic E-state index is 0.123. The van der Waals surface area contributed by atoms with Gasteiger partial charge in [-0.05, 0) is 19.3 Å². The second-order valence-corrected chi connectivity index (χ2v) is 6.01. The largest absolute Gasteiger partial charge is 0.384 e. The van der Waals surface area contributed by atoms with Crippen molar-refractivity contribution in [3.63, 3.8) is 0 Å². The third-order valence-corrected chi connectivity index (χ3v) is 3.65. The Balaban J connectivity index is 2.53. The van der Waals surface area contributed by atoms with Gasteiger partial charge in [-0.25, -0.2) is 4.98 Å². The van der Waals surface area contributed by atoms with E-state index in [4.69, 9.17) is 21.3 Å². The highest BCUT2D eigenvalue weighted by Gasteiger charge is 2.22. The molecule has 0 bridgehead atoms. The smallest absolute Gasteiger partial charge is 0.158 e. The number of rotatable bonds is 6. The lowest BCUT2D eigenvalue weighted by atomic mass is 10.2. The molecule has 0 spiro atoms. The molecular formula is C14H23ClN4O. The quantitative estimate of drug-likeness (QED) is 0.770. The second kappa shape index (κ2) is 6.14. The van der Waals surface area contributed by atoms with Crippen molar-refractivity contribution in [1.82, 2.24) is 19.3 Å². The van der Waals surface area contributed by atoms with Gasteiger partial charge in [0.1, 0.15) is 11.3 Å². The first-order chi connectivity index (χ1) is 9.49. The molecule has 6 heteroatoms. The van der Waals surface area contributed by atoms with Gasteiger partial charge in [-0.3, -0.25) is 4.68 Å². The Kier molecular flexibility index (Phi) is 4.70. The molecule has 0 N–H and O–H groups in total. The molecule has 0 aliphatic heterocycles. The fourth-order valence-electron chi connectivity index (χ4n) is 2.63. The lowest BCUT2D eigenvalue weighted by molar-refractivity contribution is 0.151. The number of imidazole rings is 1. The third kappa shape index (κ3) is 2.69. The van der Waals surface area contributed by atoms with E-state index in [1.54, 1.807) is 7.11 Å². The summed E-state index contributed by atoms with van der Waals surface area (Å²) in [7, 11) is 3.69. The Morgan fingerprint density at radius 1 is 1.35 bits per heavy atom. The summed E-state index contributed by atoms with van der Waals surface area (Å²) >= 11 is 6.30. The number of methoxy groups -OCH3 is 1. The average molecular weight is 299 g/mol. The van der Waals surface area contributed by atoms with Crippen LogP contribution < -0.4 is 0 Å². The van der Waals surface area contributed by atoms with Crippen molar-refractivity contribution in [3.05, 3.63) is 11.5 Å². The van der Waals surface area contributed by atoms with Crippen molar-refractivity contribution in [2.45, 2.75) is 39.1 Å². The van der Waals surface area contributed by atoms with Gasteiger partial charge >= 0.3 is 0 Å². The van der Waals surface area contributed by atoms with E-state index in [0.717, 1.165) is 35.6 Å². The van der Waals surface area contributed by atoms with Crippen LogP contribution in [0.25, 0.3) is 11.2 Å². The Labute approximate surface area is 124 Å². The lowest BCUT2D eigenvalue weighted by Gasteiger charge is -2.15. The molecule has 0 amide bonds. The van der Waals surface area contributed by atoms with Crippen LogP contribution in [0, 0.1) is 5.92 Å². The summed E-state index contributed by atoms with van der Waals surface area (Å²) in [5.74, 6) is 1.30. The Morgan fingerprint density at radius 2 is 2.05 bits per heavy atom. The Bertz CT molecular complexity index is 588. The number of aryl methyl sites for hydroxylation is 2. The van der Waals surface area contributed by atoms with E-state index >= 15 is 0 Å². The van der Waals surface area contributed by atoms with Crippen molar-refractivity contribution in [3.8, 4) is 0 Å². The molecule has 5 nitrogen and oxygen atoms in total. The third-order valence-electron chi connectivity index (χ3n) is 3.46. The summed E-state index contributed by atoms with van der Waals surface area (Å²) < 4.78 is 9.32. The summed E-state index contributed by atoms with van der Waals surface area (Å²) in [5.41, 5.74) is 3.05.